The number of likely N-dealkylation sites (N-methyl/N-ethyl adjacent to an activating group) is 1. The summed E-state index contributed by atoms with van der Waals surface area (Å²) in [7, 11) is 3.49. The van der Waals surface area contributed by atoms with Gasteiger partial charge in [-0.25, -0.2) is 0 Å². The Morgan fingerprint density at radius 2 is 2.00 bits per heavy atom. The van der Waals surface area contributed by atoms with E-state index in [0.717, 1.165) is 18.6 Å². The van der Waals surface area contributed by atoms with Crippen molar-refractivity contribution in [3.63, 3.8) is 0 Å². The van der Waals surface area contributed by atoms with Gasteiger partial charge in [0.05, 0.1) is 13.7 Å². The fourth-order valence-corrected chi connectivity index (χ4v) is 1.76. The van der Waals surface area contributed by atoms with Crippen molar-refractivity contribution in [3.05, 3.63) is 29.8 Å². The highest BCUT2D eigenvalue weighted by Crippen LogP contribution is 2.14. The molecule has 1 N–H and O–H groups in total. The lowest BCUT2D eigenvalue weighted by Crippen LogP contribution is -2.34. The highest BCUT2D eigenvalue weighted by Gasteiger charge is 2.12. The highest BCUT2D eigenvalue weighted by molar-refractivity contribution is 5.69. The maximum atomic E-state index is 10.6. The fraction of sp³-hybridized carbons (Fsp3) is 0.500. The molecule has 0 amide bonds. The Balaban J connectivity index is 2.41. The molecule has 0 saturated carbocycles. The normalized spacial score (nSPS) is 12.4. The molecule has 0 bridgehead atoms. The van der Waals surface area contributed by atoms with Gasteiger partial charge in [0, 0.05) is 6.04 Å². The summed E-state index contributed by atoms with van der Waals surface area (Å²) in [5.41, 5.74) is 1.24. The molecule has 18 heavy (non-hydrogen) atoms. The Hall–Kier alpha value is -1.55. The number of carboxylic acids is 1. The van der Waals surface area contributed by atoms with Crippen LogP contribution >= 0.6 is 0 Å². The molecular weight excluding hydrogens is 230 g/mol. The molecule has 1 atom stereocenters. The van der Waals surface area contributed by atoms with Crippen LogP contribution in [0.4, 0.5) is 0 Å². The van der Waals surface area contributed by atoms with Crippen LogP contribution in [0, 0.1) is 0 Å². The number of nitrogens with zero attached hydrogens (tertiary/aromatic N) is 1. The van der Waals surface area contributed by atoms with Crippen LogP contribution < -0.4 is 4.74 Å². The lowest BCUT2D eigenvalue weighted by atomic mass is 10.1. The topological polar surface area (TPSA) is 49.8 Å². The molecule has 0 aliphatic rings. The molecule has 100 valence electrons. The van der Waals surface area contributed by atoms with E-state index < -0.39 is 5.97 Å². The van der Waals surface area contributed by atoms with E-state index in [1.165, 1.54) is 5.56 Å². The standard InChI is InChI=1S/C14H21NO3/c1-11(15(2)10-14(16)17)4-5-12-6-8-13(18-3)9-7-12/h6-9,11H,4-5,10H2,1-3H3,(H,16,17). The molecule has 0 fully saturated rings. The first-order valence-electron chi connectivity index (χ1n) is 6.08. The van der Waals surface area contributed by atoms with E-state index in [-0.39, 0.29) is 12.6 Å². The second-order valence-electron chi connectivity index (χ2n) is 4.54. The minimum atomic E-state index is -0.784. The largest absolute Gasteiger partial charge is 0.497 e. The van der Waals surface area contributed by atoms with Gasteiger partial charge in [-0.15, -0.1) is 0 Å². The van der Waals surface area contributed by atoms with Gasteiger partial charge in [0.2, 0.25) is 0 Å². The second kappa shape index (κ2) is 7.01. The number of carbonyl (C=O) groups is 1. The number of aliphatic carboxylic acids is 1. The summed E-state index contributed by atoms with van der Waals surface area (Å²) < 4.78 is 5.10. The van der Waals surface area contributed by atoms with Crippen LogP contribution in [-0.2, 0) is 11.2 Å². The molecule has 0 aliphatic carbocycles. The van der Waals surface area contributed by atoms with E-state index in [9.17, 15) is 4.79 Å². The summed E-state index contributed by atoms with van der Waals surface area (Å²) in [4.78, 5) is 12.5. The third-order valence-corrected chi connectivity index (χ3v) is 3.15. The van der Waals surface area contributed by atoms with Crippen LogP contribution in [0.2, 0.25) is 0 Å². The first-order chi connectivity index (χ1) is 8.52. The number of hydrogen-bond donors (Lipinski definition) is 1. The average molecular weight is 251 g/mol. The molecular formula is C14H21NO3. The molecule has 1 aromatic rings. The van der Waals surface area contributed by atoms with Gasteiger partial charge in [0.15, 0.2) is 0 Å². The maximum Gasteiger partial charge on any atom is 0.317 e. The van der Waals surface area contributed by atoms with Crippen molar-refractivity contribution < 1.29 is 14.6 Å². The van der Waals surface area contributed by atoms with E-state index in [2.05, 4.69) is 0 Å². The molecule has 0 radical (unpaired) electrons. The van der Waals surface area contributed by atoms with Gasteiger partial charge in [0.25, 0.3) is 0 Å². The van der Waals surface area contributed by atoms with Crippen LogP contribution in [0.3, 0.4) is 0 Å². The lowest BCUT2D eigenvalue weighted by molar-refractivity contribution is -0.138. The van der Waals surface area contributed by atoms with Gasteiger partial charge in [-0.3, -0.25) is 9.69 Å². The van der Waals surface area contributed by atoms with Crippen molar-refractivity contribution in [2.45, 2.75) is 25.8 Å². The zero-order chi connectivity index (χ0) is 13.5. The quantitative estimate of drug-likeness (QED) is 0.805. The number of ether oxygens (including phenoxy) is 1. The summed E-state index contributed by atoms with van der Waals surface area (Å²) in [6.45, 7) is 2.14. The predicted molar refractivity (Wildman–Crippen MR) is 71.0 cm³/mol. The molecule has 4 nitrogen and oxygen atoms in total. The van der Waals surface area contributed by atoms with Crippen LogP contribution in [-0.4, -0.2) is 42.7 Å². The van der Waals surface area contributed by atoms with Crippen LogP contribution in [0.25, 0.3) is 0 Å². The molecule has 0 saturated heterocycles. The first-order valence-corrected chi connectivity index (χ1v) is 6.08. The van der Waals surface area contributed by atoms with Crippen molar-refractivity contribution in [2.75, 3.05) is 20.7 Å². The Labute approximate surface area is 108 Å². The number of carboxylic acid groups (broad SMARTS) is 1. The van der Waals surface area contributed by atoms with Gasteiger partial charge in [-0.2, -0.15) is 0 Å². The van der Waals surface area contributed by atoms with Crippen molar-refractivity contribution in [3.8, 4) is 5.75 Å². The van der Waals surface area contributed by atoms with Crippen molar-refractivity contribution in [1.29, 1.82) is 0 Å². The summed E-state index contributed by atoms with van der Waals surface area (Å²) in [6.07, 6.45) is 1.88. The number of hydrogen-bond acceptors (Lipinski definition) is 3. The second-order valence-corrected chi connectivity index (χ2v) is 4.54. The predicted octanol–water partition coefficient (Wildman–Crippen LogP) is 2.03. The number of methoxy groups -OCH3 is 1. The van der Waals surface area contributed by atoms with E-state index in [1.807, 2.05) is 43.1 Å². The smallest absolute Gasteiger partial charge is 0.317 e. The van der Waals surface area contributed by atoms with Crippen molar-refractivity contribution in [1.82, 2.24) is 4.90 Å². The lowest BCUT2D eigenvalue weighted by Gasteiger charge is -2.22. The van der Waals surface area contributed by atoms with Crippen molar-refractivity contribution >= 4 is 5.97 Å². The molecule has 0 aromatic heterocycles. The molecule has 4 heteroatoms. The summed E-state index contributed by atoms with van der Waals surface area (Å²) in [5, 5.41) is 8.72. The molecule has 1 rings (SSSR count). The van der Waals surface area contributed by atoms with Gasteiger partial charge in [0.1, 0.15) is 5.75 Å². The zero-order valence-electron chi connectivity index (χ0n) is 11.2. The van der Waals surface area contributed by atoms with Gasteiger partial charge >= 0.3 is 5.97 Å². The highest BCUT2D eigenvalue weighted by atomic mass is 16.5. The third-order valence-electron chi connectivity index (χ3n) is 3.15. The third kappa shape index (κ3) is 4.75. The molecule has 1 unspecified atom stereocenters. The van der Waals surface area contributed by atoms with Crippen LogP contribution in [0.5, 0.6) is 5.75 Å². The van der Waals surface area contributed by atoms with E-state index in [4.69, 9.17) is 9.84 Å². The summed E-state index contributed by atoms with van der Waals surface area (Å²) in [6, 6.07) is 8.23. The minimum absolute atomic E-state index is 0.0871. The number of aryl methyl sites for hydroxylation is 1. The Morgan fingerprint density at radius 3 is 2.50 bits per heavy atom. The van der Waals surface area contributed by atoms with Crippen LogP contribution in [0.15, 0.2) is 24.3 Å². The fourth-order valence-electron chi connectivity index (χ4n) is 1.76. The molecule has 1 aromatic carbocycles. The van der Waals surface area contributed by atoms with E-state index in [1.54, 1.807) is 7.11 Å². The van der Waals surface area contributed by atoms with E-state index in [0.29, 0.717) is 0 Å². The Kier molecular flexibility index (Phi) is 5.65. The van der Waals surface area contributed by atoms with Gasteiger partial charge in [-0.05, 0) is 44.5 Å². The average Bonchev–Trinajstić information content (AvgIpc) is 2.35. The van der Waals surface area contributed by atoms with Gasteiger partial charge in [-0.1, -0.05) is 12.1 Å². The number of rotatable bonds is 7. The molecule has 0 aliphatic heterocycles. The van der Waals surface area contributed by atoms with Gasteiger partial charge < -0.3 is 9.84 Å². The number of benzene rings is 1. The first kappa shape index (κ1) is 14.5. The molecule has 0 spiro atoms. The maximum absolute atomic E-state index is 10.6. The van der Waals surface area contributed by atoms with E-state index >= 15 is 0 Å². The summed E-state index contributed by atoms with van der Waals surface area (Å²) >= 11 is 0. The van der Waals surface area contributed by atoms with Crippen molar-refractivity contribution in [2.24, 2.45) is 0 Å². The van der Waals surface area contributed by atoms with Crippen LogP contribution in [0.1, 0.15) is 18.9 Å². The summed E-state index contributed by atoms with van der Waals surface area (Å²) in [5.74, 6) is 0.0728. The molecule has 0 heterocycles. The zero-order valence-corrected chi connectivity index (χ0v) is 11.2. The monoisotopic (exact) mass is 251 g/mol. The Morgan fingerprint density at radius 1 is 1.39 bits per heavy atom. The SMILES string of the molecule is COc1ccc(CCC(C)N(C)CC(=O)O)cc1. The minimum Gasteiger partial charge on any atom is -0.497 e. The Bertz CT molecular complexity index is 375.